The van der Waals surface area contributed by atoms with Crippen molar-refractivity contribution in [2.24, 2.45) is 11.3 Å². The molecule has 0 aliphatic heterocycles. The third kappa shape index (κ3) is 4.04. The summed E-state index contributed by atoms with van der Waals surface area (Å²) in [4.78, 5) is 0. The standard InChI is InChI=1S/C17H28FN/c1-11-8-14(18)9-12(2)16(11)15(19-7)10-13(3)17(4,5)6/h8-9,13,15,19H,10H2,1-7H3. The third-order valence-electron chi connectivity index (χ3n) is 4.32. The number of rotatable bonds is 4. The SMILES string of the molecule is CNC(CC(C)C(C)(C)C)c1c(C)cc(F)cc1C. The monoisotopic (exact) mass is 265 g/mol. The molecule has 1 rings (SSSR count). The molecule has 0 radical (unpaired) electrons. The molecule has 1 aromatic rings. The van der Waals surface area contributed by atoms with Gasteiger partial charge >= 0.3 is 0 Å². The number of aryl methyl sites for hydroxylation is 2. The number of halogens is 1. The quantitative estimate of drug-likeness (QED) is 0.826. The molecule has 2 unspecified atom stereocenters. The van der Waals surface area contributed by atoms with E-state index in [4.69, 9.17) is 0 Å². The Bertz CT molecular complexity index is 408. The molecule has 0 fully saturated rings. The summed E-state index contributed by atoms with van der Waals surface area (Å²) in [7, 11) is 1.99. The van der Waals surface area contributed by atoms with Gasteiger partial charge in [-0.15, -0.1) is 0 Å². The minimum absolute atomic E-state index is 0.141. The van der Waals surface area contributed by atoms with Crippen LogP contribution in [0.1, 0.15) is 56.8 Å². The molecule has 2 atom stereocenters. The molecule has 0 aliphatic rings. The Morgan fingerprint density at radius 3 is 2.00 bits per heavy atom. The maximum atomic E-state index is 13.4. The lowest BCUT2D eigenvalue weighted by molar-refractivity contribution is 0.225. The smallest absolute Gasteiger partial charge is 0.123 e. The van der Waals surface area contributed by atoms with E-state index in [9.17, 15) is 4.39 Å². The predicted octanol–water partition coefficient (Wildman–Crippen LogP) is 4.78. The van der Waals surface area contributed by atoms with Crippen LogP contribution in [0.25, 0.3) is 0 Å². The summed E-state index contributed by atoms with van der Waals surface area (Å²) in [6.07, 6.45) is 1.06. The van der Waals surface area contributed by atoms with Crippen molar-refractivity contribution in [3.05, 3.63) is 34.6 Å². The van der Waals surface area contributed by atoms with Crippen LogP contribution in [0.5, 0.6) is 0 Å². The first kappa shape index (κ1) is 16.2. The number of nitrogens with one attached hydrogen (secondary N) is 1. The summed E-state index contributed by atoms with van der Waals surface area (Å²) in [6, 6.07) is 3.55. The zero-order valence-electron chi connectivity index (χ0n) is 13.4. The van der Waals surface area contributed by atoms with Crippen LogP contribution in [0, 0.1) is 31.0 Å². The fraction of sp³-hybridized carbons (Fsp3) is 0.647. The second kappa shape index (κ2) is 6.04. The molecule has 1 nitrogen and oxygen atoms in total. The lowest BCUT2D eigenvalue weighted by atomic mass is 9.77. The van der Waals surface area contributed by atoms with Gasteiger partial charge in [0, 0.05) is 6.04 Å². The lowest BCUT2D eigenvalue weighted by Crippen LogP contribution is -2.26. The van der Waals surface area contributed by atoms with Crippen LogP contribution in [-0.4, -0.2) is 7.05 Å². The van der Waals surface area contributed by atoms with Gasteiger partial charge in [-0.1, -0.05) is 27.7 Å². The lowest BCUT2D eigenvalue weighted by Gasteiger charge is -2.32. The molecule has 0 spiro atoms. The van der Waals surface area contributed by atoms with Gasteiger partial charge in [-0.3, -0.25) is 0 Å². The van der Waals surface area contributed by atoms with E-state index >= 15 is 0 Å². The molecular formula is C17H28FN. The molecule has 2 heteroatoms. The van der Waals surface area contributed by atoms with E-state index in [1.54, 1.807) is 12.1 Å². The molecule has 0 bridgehead atoms. The normalized spacial score (nSPS) is 15.4. The van der Waals surface area contributed by atoms with Gasteiger partial charge < -0.3 is 5.32 Å². The van der Waals surface area contributed by atoms with Crippen LogP contribution in [0.2, 0.25) is 0 Å². The zero-order valence-corrected chi connectivity index (χ0v) is 13.4. The topological polar surface area (TPSA) is 12.0 Å². The van der Waals surface area contributed by atoms with Gasteiger partial charge in [0.1, 0.15) is 5.82 Å². The van der Waals surface area contributed by atoms with Gasteiger partial charge in [0.15, 0.2) is 0 Å². The molecule has 1 N–H and O–H groups in total. The molecule has 0 heterocycles. The number of hydrogen-bond acceptors (Lipinski definition) is 1. The summed E-state index contributed by atoms with van der Waals surface area (Å²) in [5.74, 6) is 0.450. The third-order valence-corrected chi connectivity index (χ3v) is 4.32. The largest absolute Gasteiger partial charge is 0.313 e. The summed E-state index contributed by atoms with van der Waals surface area (Å²) in [5.41, 5.74) is 3.62. The molecule has 0 aliphatic carbocycles. The highest BCUT2D eigenvalue weighted by atomic mass is 19.1. The van der Waals surface area contributed by atoms with Crippen molar-refractivity contribution < 1.29 is 4.39 Å². The van der Waals surface area contributed by atoms with Crippen LogP contribution in [0.4, 0.5) is 4.39 Å². The van der Waals surface area contributed by atoms with Crippen molar-refractivity contribution in [1.82, 2.24) is 5.32 Å². The maximum Gasteiger partial charge on any atom is 0.123 e. The van der Waals surface area contributed by atoms with E-state index in [-0.39, 0.29) is 17.3 Å². The summed E-state index contributed by atoms with van der Waals surface area (Å²) in [5, 5.41) is 3.40. The molecule has 1 aromatic carbocycles. The van der Waals surface area contributed by atoms with Crippen molar-refractivity contribution in [3.8, 4) is 0 Å². The van der Waals surface area contributed by atoms with Crippen molar-refractivity contribution in [2.75, 3.05) is 7.05 Å². The molecule has 0 aromatic heterocycles. The van der Waals surface area contributed by atoms with Crippen molar-refractivity contribution >= 4 is 0 Å². The van der Waals surface area contributed by atoms with Gasteiger partial charge in [-0.05, 0) is 67.5 Å². The van der Waals surface area contributed by atoms with Crippen molar-refractivity contribution in [1.29, 1.82) is 0 Å². The molecule has 0 amide bonds. The predicted molar refractivity (Wildman–Crippen MR) is 80.9 cm³/mol. The van der Waals surface area contributed by atoms with Gasteiger partial charge in [0.05, 0.1) is 0 Å². The second-order valence-electron chi connectivity index (χ2n) is 6.80. The number of hydrogen-bond donors (Lipinski definition) is 1. The minimum Gasteiger partial charge on any atom is -0.313 e. The van der Waals surface area contributed by atoms with Crippen molar-refractivity contribution in [3.63, 3.8) is 0 Å². The first-order valence-corrected chi connectivity index (χ1v) is 7.10. The van der Waals surface area contributed by atoms with E-state index < -0.39 is 0 Å². The van der Waals surface area contributed by atoms with Gasteiger partial charge in [-0.25, -0.2) is 4.39 Å². The molecular weight excluding hydrogens is 237 g/mol. The zero-order chi connectivity index (χ0) is 14.8. The minimum atomic E-state index is -0.141. The molecule has 0 saturated heterocycles. The van der Waals surface area contributed by atoms with Gasteiger partial charge in [0.2, 0.25) is 0 Å². The Morgan fingerprint density at radius 2 is 1.63 bits per heavy atom. The highest BCUT2D eigenvalue weighted by Crippen LogP contribution is 2.35. The summed E-state index contributed by atoms with van der Waals surface area (Å²) >= 11 is 0. The number of benzene rings is 1. The second-order valence-corrected chi connectivity index (χ2v) is 6.80. The fourth-order valence-electron chi connectivity index (χ4n) is 2.56. The van der Waals surface area contributed by atoms with Gasteiger partial charge in [-0.2, -0.15) is 0 Å². The Morgan fingerprint density at radius 1 is 1.16 bits per heavy atom. The Hall–Kier alpha value is -0.890. The molecule has 0 saturated carbocycles. The van der Waals surface area contributed by atoms with Gasteiger partial charge in [0.25, 0.3) is 0 Å². The summed E-state index contributed by atoms with van der Waals surface area (Å²) in [6.45, 7) is 13.1. The summed E-state index contributed by atoms with van der Waals surface area (Å²) < 4.78 is 13.4. The Kier molecular flexibility index (Phi) is 5.14. The molecule has 108 valence electrons. The van der Waals surface area contributed by atoms with E-state index in [0.717, 1.165) is 17.5 Å². The Labute approximate surface area is 117 Å². The van der Waals surface area contributed by atoms with E-state index in [0.29, 0.717) is 5.92 Å². The first-order valence-electron chi connectivity index (χ1n) is 7.10. The van der Waals surface area contributed by atoms with Crippen LogP contribution >= 0.6 is 0 Å². The first-order chi connectivity index (χ1) is 8.66. The highest BCUT2D eigenvalue weighted by molar-refractivity contribution is 5.37. The highest BCUT2D eigenvalue weighted by Gasteiger charge is 2.25. The van der Waals surface area contributed by atoms with E-state index in [2.05, 4.69) is 33.0 Å². The van der Waals surface area contributed by atoms with E-state index in [1.807, 2.05) is 20.9 Å². The van der Waals surface area contributed by atoms with Crippen LogP contribution < -0.4 is 5.32 Å². The average molecular weight is 265 g/mol. The average Bonchev–Trinajstić information content (AvgIpc) is 2.24. The molecule has 19 heavy (non-hydrogen) atoms. The maximum absolute atomic E-state index is 13.4. The van der Waals surface area contributed by atoms with Crippen LogP contribution in [-0.2, 0) is 0 Å². The van der Waals surface area contributed by atoms with E-state index in [1.165, 1.54) is 5.56 Å². The fourth-order valence-corrected chi connectivity index (χ4v) is 2.56. The van der Waals surface area contributed by atoms with Crippen molar-refractivity contribution in [2.45, 2.75) is 54.0 Å². The van der Waals surface area contributed by atoms with Crippen LogP contribution in [0.15, 0.2) is 12.1 Å². The Balaban J connectivity index is 3.05. The van der Waals surface area contributed by atoms with Crippen LogP contribution in [0.3, 0.4) is 0 Å².